The summed E-state index contributed by atoms with van der Waals surface area (Å²) in [5, 5.41) is -0.0825. The highest BCUT2D eigenvalue weighted by molar-refractivity contribution is 7.18. The first kappa shape index (κ1) is 21.2. The Bertz CT molecular complexity index is 453. The van der Waals surface area contributed by atoms with Crippen molar-refractivity contribution >= 4 is 22.2 Å². The van der Waals surface area contributed by atoms with Gasteiger partial charge in [-0.2, -0.15) is 0 Å². The Morgan fingerprint density at radius 1 is 0.864 bits per heavy atom. The normalized spacial score (nSPS) is 12.4. The fourth-order valence-corrected chi connectivity index (χ4v) is 2.38. The predicted molar refractivity (Wildman–Crippen MR) is 91.1 cm³/mol. The molecule has 1 rings (SSSR count). The molecule has 1 atom stereocenters. The van der Waals surface area contributed by atoms with Crippen LogP contribution in [0.2, 0.25) is 0 Å². The third kappa shape index (κ3) is 6.11. The molecule has 0 amide bonds. The molecule has 128 valence electrons. The first-order chi connectivity index (χ1) is 9.81. The van der Waals surface area contributed by atoms with Gasteiger partial charge in [-0.3, -0.25) is 9.80 Å². The van der Waals surface area contributed by atoms with Crippen LogP contribution in [-0.4, -0.2) is 59.3 Å². The second-order valence-electron chi connectivity index (χ2n) is 5.51. The van der Waals surface area contributed by atoms with Gasteiger partial charge in [0.25, 0.3) is 0 Å². The second kappa shape index (κ2) is 8.13. The molecule has 3 nitrogen and oxygen atoms in total. The monoisotopic (exact) mass is 341 g/mol. The molecule has 9 heteroatoms. The minimum absolute atomic E-state index is 0.0825. The summed E-state index contributed by atoms with van der Waals surface area (Å²) in [6, 6.07) is 8.58. The highest BCUT2D eigenvalue weighted by atomic mass is 31.0. The third-order valence-corrected chi connectivity index (χ3v) is 4.94. The van der Waals surface area contributed by atoms with Crippen LogP contribution < -0.4 is 4.90 Å². The van der Waals surface area contributed by atoms with Crippen LogP contribution in [0.25, 0.3) is 0 Å². The van der Waals surface area contributed by atoms with Crippen LogP contribution in [-0.2, 0) is 5.40 Å². The largest absolute Gasteiger partial charge is 0.673 e. The van der Waals surface area contributed by atoms with E-state index in [4.69, 9.17) is 0 Å². The molecular formula is C13H25BF4N3P. The molecular weight excluding hydrogens is 316 g/mol. The molecule has 0 spiro atoms. The van der Waals surface area contributed by atoms with Gasteiger partial charge in [0.15, 0.2) is 0 Å². The number of anilines is 1. The number of hydrogen-bond donors (Lipinski definition) is 0. The number of hydrogen-bond acceptors (Lipinski definition) is 3. The summed E-state index contributed by atoms with van der Waals surface area (Å²) >= 11 is 0. The Labute approximate surface area is 132 Å². The van der Waals surface area contributed by atoms with Crippen LogP contribution in [0.5, 0.6) is 0 Å². The zero-order chi connectivity index (χ0) is 17.7. The highest BCUT2D eigenvalue weighted by Crippen LogP contribution is 2.40. The smallest absolute Gasteiger partial charge is 0.418 e. The Kier molecular flexibility index (Phi) is 7.82. The molecule has 0 aliphatic heterocycles. The average molecular weight is 341 g/mol. The summed E-state index contributed by atoms with van der Waals surface area (Å²) in [6.07, 6.45) is 0. The standard InChI is InChI=1S/C13H24N3P.BF4/c1-14(2)12-10-8-7-9-11(12)13(17,15(3)4)16(5)6;2-1(3,4)5/h7-10H,17H2,1-6H3;/q;-1/p+1. The number of benzene rings is 1. The van der Waals surface area contributed by atoms with Crippen molar-refractivity contribution in [3.8, 4) is 0 Å². The Hall–Kier alpha value is -0.845. The van der Waals surface area contributed by atoms with E-state index in [0.29, 0.717) is 0 Å². The number of nitrogens with zero attached hydrogens (tertiary/aromatic N) is 3. The molecule has 0 heterocycles. The molecule has 22 heavy (non-hydrogen) atoms. The van der Waals surface area contributed by atoms with Crippen LogP contribution >= 0.6 is 9.24 Å². The molecule has 1 aromatic rings. The van der Waals surface area contributed by atoms with E-state index in [-0.39, 0.29) is 5.40 Å². The second-order valence-corrected chi connectivity index (χ2v) is 6.50. The predicted octanol–water partition coefficient (Wildman–Crippen LogP) is 2.89. The van der Waals surface area contributed by atoms with Crippen LogP contribution in [0.1, 0.15) is 5.56 Å². The summed E-state index contributed by atoms with van der Waals surface area (Å²) in [7, 11) is 8.68. The molecule has 0 saturated carbocycles. The lowest BCUT2D eigenvalue weighted by Gasteiger charge is -2.39. The topological polar surface area (TPSA) is 9.72 Å². The van der Waals surface area contributed by atoms with E-state index < -0.39 is 7.25 Å². The van der Waals surface area contributed by atoms with Gasteiger partial charge in [0.2, 0.25) is 5.40 Å². The van der Waals surface area contributed by atoms with Crippen LogP contribution in [0.3, 0.4) is 0 Å². The van der Waals surface area contributed by atoms with Gasteiger partial charge in [0, 0.05) is 34.6 Å². The van der Waals surface area contributed by atoms with Crippen molar-refractivity contribution in [3.05, 3.63) is 29.8 Å². The molecule has 0 aliphatic carbocycles. The maximum Gasteiger partial charge on any atom is 0.673 e. The zero-order valence-corrected chi connectivity index (χ0v) is 15.4. The fraction of sp³-hybridized carbons (Fsp3) is 0.538. The number of para-hydroxylation sites is 1. The van der Waals surface area contributed by atoms with E-state index in [0.717, 1.165) is 0 Å². The van der Waals surface area contributed by atoms with Gasteiger partial charge in [0.05, 0.1) is 0 Å². The minimum atomic E-state index is -6.00. The summed E-state index contributed by atoms with van der Waals surface area (Å²) in [4.78, 5) is 6.69. The van der Waals surface area contributed by atoms with Gasteiger partial charge < -0.3 is 22.2 Å². The minimum Gasteiger partial charge on any atom is -0.418 e. The van der Waals surface area contributed by atoms with E-state index >= 15 is 0 Å². The Morgan fingerprint density at radius 2 is 1.23 bits per heavy atom. The lowest BCUT2D eigenvalue weighted by Crippen LogP contribution is -2.47. The van der Waals surface area contributed by atoms with E-state index in [9.17, 15) is 17.3 Å². The molecule has 0 aliphatic rings. The Balaban J connectivity index is 0.000000763. The van der Waals surface area contributed by atoms with Crippen molar-refractivity contribution in [1.82, 2.24) is 9.80 Å². The van der Waals surface area contributed by atoms with Crippen molar-refractivity contribution in [3.63, 3.8) is 0 Å². The zero-order valence-electron chi connectivity index (χ0n) is 13.9. The van der Waals surface area contributed by atoms with Crippen molar-refractivity contribution in [2.45, 2.75) is 5.40 Å². The molecule has 0 fully saturated rings. The first-order valence-electron chi connectivity index (χ1n) is 6.66. The van der Waals surface area contributed by atoms with E-state index in [1.54, 1.807) is 0 Å². The first-order valence-corrected chi connectivity index (χ1v) is 7.36. The number of rotatable bonds is 4. The third-order valence-electron chi connectivity index (χ3n) is 3.30. The Morgan fingerprint density at radius 3 is 1.55 bits per heavy atom. The molecule has 0 aromatic heterocycles. The fourth-order valence-electron chi connectivity index (χ4n) is 2.08. The van der Waals surface area contributed by atoms with Crippen molar-refractivity contribution in [2.75, 3.05) is 47.2 Å². The van der Waals surface area contributed by atoms with Crippen molar-refractivity contribution in [2.24, 2.45) is 0 Å². The van der Waals surface area contributed by atoms with E-state index in [1.807, 2.05) is 9.24 Å². The van der Waals surface area contributed by atoms with Gasteiger partial charge >= 0.3 is 7.25 Å². The van der Waals surface area contributed by atoms with Gasteiger partial charge in [-0.25, -0.2) is 0 Å². The maximum atomic E-state index is 9.75. The summed E-state index contributed by atoms with van der Waals surface area (Å²) in [5.74, 6) is 0. The van der Waals surface area contributed by atoms with E-state index in [2.05, 4.69) is 81.3 Å². The number of halogens is 4. The SMILES string of the molecule is CN(C)c1ccccc1C([PH3+])(N(C)C)N(C)C.F[B-](F)(F)F. The summed E-state index contributed by atoms with van der Waals surface area (Å²) in [6.45, 7) is 0. The molecule has 0 radical (unpaired) electrons. The lowest BCUT2D eigenvalue weighted by atomic mass is 10.1. The van der Waals surface area contributed by atoms with Crippen molar-refractivity contribution in [1.29, 1.82) is 0 Å². The highest BCUT2D eigenvalue weighted by Gasteiger charge is 2.39. The van der Waals surface area contributed by atoms with Gasteiger partial charge in [-0.15, -0.1) is 0 Å². The lowest BCUT2D eigenvalue weighted by molar-refractivity contribution is 0.0916. The quantitative estimate of drug-likeness (QED) is 0.361. The average Bonchev–Trinajstić information content (AvgIpc) is 2.35. The van der Waals surface area contributed by atoms with Crippen molar-refractivity contribution < 1.29 is 17.3 Å². The summed E-state index contributed by atoms with van der Waals surface area (Å²) < 4.78 is 39.0. The molecule has 0 N–H and O–H groups in total. The summed E-state index contributed by atoms with van der Waals surface area (Å²) in [5.41, 5.74) is 2.60. The van der Waals surface area contributed by atoms with Gasteiger partial charge in [-0.05, 0) is 40.3 Å². The van der Waals surface area contributed by atoms with E-state index in [1.165, 1.54) is 11.3 Å². The molecule has 1 aromatic carbocycles. The van der Waals surface area contributed by atoms with Crippen LogP contribution in [0.15, 0.2) is 24.3 Å². The van der Waals surface area contributed by atoms with Crippen LogP contribution in [0, 0.1) is 0 Å². The molecule has 0 bridgehead atoms. The van der Waals surface area contributed by atoms with Gasteiger partial charge in [-0.1, -0.05) is 12.1 Å². The van der Waals surface area contributed by atoms with Crippen LogP contribution in [0.4, 0.5) is 23.0 Å². The molecule has 0 saturated heterocycles. The van der Waals surface area contributed by atoms with Gasteiger partial charge in [0.1, 0.15) is 0 Å². The molecule has 1 unspecified atom stereocenters. The maximum absolute atomic E-state index is 9.75.